The Balaban J connectivity index is 2.49. The topological polar surface area (TPSA) is 29.4 Å². The second kappa shape index (κ2) is 4.42. The lowest BCUT2D eigenvalue weighted by molar-refractivity contribution is 0.247. The molecule has 3 heteroatoms. The van der Waals surface area contributed by atoms with Gasteiger partial charge >= 0.3 is 0 Å². The highest BCUT2D eigenvalue weighted by atomic mass is 19.1. The third kappa shape index (κ3) is 2.03. The first-order valence-corrected chi connectivity index (χ1v) is 5.98. The van der Waals surface area contributed by atoms with E-state index in [1.165, 1.54) is 6.07 Å². The number of hydrogen-bond acceptors (Lipinski definition) is 2. The molecule has 2 rings (SSSR count). The van der Waals surface area contributed by atoms with Crippen molar-refractivity contribution in [2.24, 2.45) is 4.99 Å². The molecule has 0 spiro atoms. The van der Waals surface area contributed by atoms with Gasteiger partial charge in [-0.15, -0.1) is 0 Å². The average molecular weight is 233 g/mol. The maximum Gasteiger partial charge on any atom is 0.235 e. The summed E-state index contributed by atoms with van der Waals surface area (Å²) in [5, 5.41) is 0. The van der Waals surface area contributed by atoms with Crippen molar-refractivity contribution in [3.8, 4) is 0 Å². The second-order valence-electron chi connectivity index (χ2n) is 4.98. The minimum Gasteiger partial charge on any atom is -0.211 e. The molecule has 0 N–H and O–H groups in total. The minimum absolute atomic E-state index is 0.270. The molecule has 90 valence electrons. The Hall–Kier alpha value is -1.47. The SMILES string of the molecule is CC(C)c1ccc(F)c(C2(N=C=O)CCC2)c1. The van der Waals surface area contributed by atoms with Crippen molar-refractivity contribution in [1.29, 1.82) is 0 Å². The van der Waals surface area contributed by atoms with E-state index in [1.807, 2.05) is 6.07 Å². The van der Waals surface area contributed by atoms with Crippen LogP contribution in [0.2, 0.25) is 0 Å². The first-order chi connectivity index (χ1) is 8.09. The molecule has 0 radical (unpaired) electrons. The molecule has 1 saturated carbocycles. The number of hydrogen-bond donors (Lipinski definition) is 0. The average Bonchev–Trinajstić information content (AvgIpc) is 2.24. The van der Waals surface area contributed by atoms with Crippen molar-refractivity contribution in [3.05, 3.63) is 35.1 Å². The summed E-state index contributed by atoms with van der Waals surface area (Å²) >= 11 is 0. The van der Waals surface area contributed by atoms with E-state index in [0.717, 1.165) is 24.8 Å². The van der Waals surface area contributed by atoms with Gasteiger partial charge in [-0.1, -0.05) is 26.0 Å². The summed E-state index contributed by atoms with van der Waals surface area (Å²) in [7, 11) is 0. The molecule has 1 aliphatic rings. The number of nitrogens with zero attached hydrogens (tertiary/aromatic N) is 1. The monoisotopic (exact) mass is 233 g/mol. The van der Waals surface area contributed by atoms with Crippen LogP contribution in [0.3, 0.4) is 0 Å². The lowest BCUT2D eigenvalue weighted by atomic mass is 9.71. The zero-order valence-electron chi connectivity index (χ0n) is 10.2. The van der Waals surface area contributed by atoms with Gasteiger partial charge in [0.25, 0.3) is 0 Å². The van der Waals surface area contributed by atoms with Crippen LogP contribution in [0, 0.1) is 5.82 Å². The predicted octanol–water partition coefficient (Wildman–Crippen LogP) is 3.66. The molecule has 1 aromatic carbocycles. The van der Waals surface area contributed by atoms with Crippen LogP contribution in [-0.2, 0) is 10.3 Å². The van der Waals surface area contributed by atoms with Crippen molar-refractivity contribution in [2.75, 3.05) is 0 Å². The Morgan fingerprint density at radius 1 is 1.41 bits per heavy atom. The Labute approximate surface area is 101 Å². The number of carbonyl (C=O) groups excluding carboxylic acids is 1. The van der Waals surface area contributed by atoms with E-state index in [9.17, 15) is 9.18 Å². The summed E-state index contributed by atoms with van der Waals surface area (Å²) in [5.41, 5.74) is 0.989. The van der Waals surface area contributed by atoms with Gasteiger partial charge < -0.3 is 0 Å². The minimum atomic E-state index is -0.642. The number of rotatable bonds is 3. The van der Waals surface area contributed by atoms with Crippen molar-refractivity contribution >= 4 is 6.08 Å². The maximum absolute atomic E-state index is 13.9. The van der Waals surface area contributed by atoms with Crippen LogP contribution in [0.5, 0.6) is 0 Å². The van der Waals surface area contributed by atoms with E-state index < -0.39 is 5.54 Å². The molecule has 2 nitrogen and oxygen atoms in total. The zero-order valence-corrected chi connectivity index (χ0v) is 10.2. The molecule has 1 aromatic rings. The predicted molar refractivity (Wildman–Crippen MR) is 64.1 cm³/mol. The van der Waals surface area contributed by atoms with E-state index in [0.29, 0.717) is 11.5 Å². The molecule has 0 aromatic heterocycles. The van der Waals surface area contributed by atoms with Gasteiger partial charge in [0.05, 0.1) is 0 Å². The molecule has 1 aliphatic carbocycles. The van der Waals surface area contributed by atoms with Crippen molar-refractivity contribution < 1.29 is 9.18 Å². The van der Waals surface area contributed by atoms with Gasteiger partial charge in [0.1, 0.15) is 11.4 Å². The summed E-state index contributed by atoms with van der Waals surface area (Å²) in [6.07, 6.45) is 4.05. The summed E-state index contributed by atoms with van der Waals surface area (Å²) in [6, 6.07) is 5.12. The third-order valence-corrected chi connectivity index (χ3v) is 3.60. The lowest BCUT2D eigenvalue weighted by Gasteiger charge is -2.37. The highest BCUT2D eigenvalue weighted by Gasteiger charge is 2.41. The summed E-state index contributed by atoms with van der Waals surface area (Å²) in [6.45, 7) is 4.13. The zero-order chi connectivity index (χ0) is 12.5. The van der Waals surface area contributed by atoms with Crippen LogP contribution >= 0.6 is 0 Å². The van der Waals surface area contributed by atoms with Crippen LogP contribution in [0.25, 0.3) is 0 Å². The third-order valence-electron chi connectivity index (χ3n) is 3.60. The van der Waals surface area contributed by atoms with Gasteiger partial charge in [-0.25, -0.2) is 9.18 Å². The van der Waals surface area contributed by atoms with Crippen LogP contribution in [0.4, 0.5) is 4.39 Å². The highest BCUT2D eigenvalue weighted by Crippen LogP contribution is 2.46. The van der Waals surface area contributed by atoms with Gasteiger partial charge in [-0.2, -0.15) is 4.99 Å². The maximum atomic E-state index is 13.9. The molecule has 0 unspecified atom stereocenters. The fourth-order valence-corrected chi connectivity index (χ4v) is 2.30. The fourth-order valence-electron chi connectivity index (χ4n) is 2.30. The number of isocyanates is 1. The molecule has 1 fully saturated rings. The molecule has 0 amide bonds. The van der Waals surface area contributed by atoms with Gasteiger partial charge in [0.15, 0.2) is 0 Å². The molecule has 0 saturated heterocycles. The van der Waals surface area contributed by atoms with Crippen molar-refractivity contribution in [3.63, 3.8) is 0 Å². The quantitative estimate of drug-likeness (QED) is 0.578. The number of halogens is 1. The summed E-state index contributed by atoms with van der Waals surface area (Å²) < 4.78 is 13.9. The smallest absolute Gasteiger partial charge is 0.211 e. The van der Waals surface area contributed by atoms with Gasteiger partial charge in [0.2, 0.25) is 6.08 Å². The van der Waals surface area contributed by atoms with Gasteiger partial charge in [0, 0.05) is 5.56 Å². The molecule has 0 aliphatic heterocycles. The summed E-state index contributed by atoms with van der Waals surface area (Å²) in [4.78, 5) is 14.3. The second-order valence-corrected chi connectivity index (χ2v) is 4.98. The highest BCUT2D eigenvalue weighted by molar-refractivity contribution is 5.41. The fraction of sp³-hybridized carbons (Fsp3) is 0.500. The molecule has 0 bridgehead atoms. The van der Waals surface area contributed by atoms with Crippen LogP contribution in [-0.4, -0.2) is 6.08 Å². The van der Waals surface area contributed by atoms with E-state index >= 15 is 0 Å². The van der Waals surface area contributed by atoms with Crippen molar-refractivity contribution in [2.45, 2.75) is 44.6 Å². The number of aliphatic imine (C=N–C) groups is 1. The first-order valence-electron chi connectivity index (χ1n) is 5.98. The Morgan fingerprint density at radius 2 is 2.12 bits per heavy atom. The van der Waals surface area contributed by atoms with Gasteiger partial charge in [-0.3, -0.25) is 0 Å². The molecule has 17 heavy (non-hydrogen) atoms. The van der Waals surface area contributed by atoms with Crippen LogP contribution < -0.4 is 0 Å². The summed E-state index contributed by atoms with van der Waals surface area (Å²) in [5.74, 6) is 0.0692. The largest absolute Gasteiger partial charge is 0.235 e. The van der Waals surface area contributed by atoms with E-state index in [-0.39, 0.29) is 5.82 Å². The molecule has 0 atom stereocenters. The van der Waals surface area contributed by atoms with E-state index in [1.54, 1.807) is 12.1 Å². The Bertz CT molecular complexity index is 471. The Morgan fingerprint density at radius 3 is 2.59 bits per heavy atom. The van der Waals surface area contributed by atoms with Crippen LogP contribution in [0.1, 0.15) is 50.2 Å². The van der Waals surface area contributed by atoms with Crippen LogP contribution in [0.15, 0.2) is 23.2 Å². The normalized spacial score (nSPS) is 17.4. The van der Waals surface area contributed by atoms with Gasteiger partial charge in [-0.05, 0) is 36.8 Å². The molecular formula is C14H16FNO. The lowest BCUT2D eigenvalue weighted by Crippen LogP contribution is -2.33. The Kier molecular flexibility index (Phi) is 3.12. The van der Waals surface area contributed by atoms with E-state index in [4.69, 9.17) is 0 Å². The molecule has 0 heterocycles. The first kappa shape index (κ1) is 12.0. The van der Waals surface area contributed by atoms with E-state index in [2.05, 4.69) is 18.8 Å². The van der Waals surface area contributed by atoms with Crippen molar-refractivity contribution in [1.82, 2.24) is 0 Å². The standard InChI is InChI=1S/C14H16FNO/c1-10(2)11-4-5-13(15)12(8-11)14(16-9-17)6-3-7-14/h4-5,8,10H,3,6-7H2,1-2H3. The molecular weight excluding hydrogens is 217 g/mol. The number of benzene rings is 1.